The first-order valence-corrected chi connectivity index (χ1v) is 18.6. The molecule has 2 saturated heterocycles. The van der Waals surface area contributed by atoms with E-state index in [4.69, 9.17) is 20.6 Å². The molecule has 1 unspecified atom stereocenters. The van der Waals surface area contributed by atoms with Crippen LogP contribution in [0.5, 0.6) is 5.75 Å². The summed E-state index contributed by atoms with van der Waals surface area (Å²) in [5.41, 5.74) is 8.25. The third-order valence-corrected chi connectivity index (χ3v) is 11.6. The van der Waals surface area contributed by atoms with Gasteiger partial charge in [-0.1, -0.05) is 0 Å². The fourth-order valence-corrected chi connectivity index (χ4v) is 8.32. The number of anilines is 2. The molecule has 13 heteroatoms. The second-order valence-electron chi connectivity index (χ2n) is 14.8. The number of imide groups is 1. The van der Waals surface area contributed by atoms with E-state index in [0.29, 0.717) is 35.4 Å². The quantitative estimate of drug-likeness (QED) is 0.237. The fraction of sp³-hybridized carbons (Fsp3) is 0.487. The van der Waals surface area contributed by atoms with Crippen LogP contribution >= 0.6 is 0 Å². The molecule has 2 aliphatic carbocycles. The Bertz CT molecular complexity index is 2040. The van der Waals surface area contributed by atoms with Crippen molar-refractivity contribution in [3.8, 4) is 5.75 Å². The summed E-state index contributed by atoms with van der Waals surface area (Å²) in [4.78, 5) is 62.2. The van der Waals surface area contributed by atoms with Gasteiger partial charge in [0, 0.05) is 62.5 Å². The number of nitrogens with zero attached hydrogens (tertiary/aromatic N) is 7. The Labute approximate surface area is 302 Å². The summed E-state index contributed by atoms with van der Waals surface area (Å²) in [5, 5.41) is 5.71. The third-order valence-electron chi connectivity index (χ3n) is 11.6. The molecule has 0 radical (unpaired) electrons. The van der Waals surface area contributed by atoms with Gasteiger partial charge in [-0.15, -0.1) is 0 Å². The zero-order valence-electron chi connectivity index (χ0n) is 29.7. The zero-order chi connectivity index (χ0) is 35.9. The van der Waals surface area contributed by atoms with Crippen molar-refractivity contribution in [2.24, 2.45) is 11.7 Å². The lowest BCUT2D eigenvalue weighted by Crippen LogP contribution is -2.47. The van der Waals surface area contributed by atoms with Crippen LogP contribution in [0.3, 0.4) is 0 Å². The van der Waals surface area contributed by atoms with Crippen LogP contribution in [-0.2, 0) is 9.59 Å². The molecule has 3 aromatic heterocycles. The molecular formula is C39H46N8O5. The number of methoxy groups -OCH3 is 1. The largest absolute Gasteiger partial charge is 0.496 e. The Hall–Kier alpha value is -5.04. The lowest BCUT2D eigenvalue weighted by molar-refractivity contribution is -0.130. The number of ether oxygens (including phenoxy) is 1. The van der Waals surface area contributed by atoms with E-state index in [-0.39, 0.29) is 35.5 Å². The maximum atomic E-state index is 13.6. The Kier molecular flexibility index (Phi) is 9.29. The van der Waals surface area contributed by atoms with Gasteiger partial charge >= 0.3 is 0 Å². The van der Waals surface area contributed by atoms with Crippen LogP contribution in [0.1, 0.15) is 91.8 Å². The van der Waals surface area contributed by atoms with Crippen LogP contribution in [0.15, 0.2) is 59.8 Å². The van der Waals surface area contributed by atoms with E-state index >= 15 is 0 Å². The van der Waals surface area contributed by atoms with E-state index in [1.54, 1.807) is 35.0 Å². The number of pyridine rings is 2. The van der Waals surface area contributed by atoms with E-state index in [2.05, 4.69) is 14.5 Å². The predicted molar refractivity (Wildman–Crippen MR) is 197 cm³/mol. The van der Waals surface area contributed by atoms with E-state index < -0.39 is 11.8 Å². The van der Waals surface area contributed by atoms with E-state index in [0.717, 1.165) is 79.9 Å². The minimum atomic E-state index is -0.563. The molecule has 3 amide bonds. The Balaban J connectivity index is 0.812. The van der Waals surface area contributed by atoms with Gasteiger partial charge in [0.15, 0.2) is 0 Å². The van der Waals surface area contributed by atoms with Crippen molar-refractivity contribution in [3.63, 3.8) is 0 Å². The molecular weight excluding hydrogens is 660 g/mol. The van der Waals surface area contributed by atoms with Crippen molar-refractivity contribution in [2.75, 3.05) is 49.6 Å². The minimum Gasteiger partial charge on any atom is -0.496 e. The Morgan fingerprint density at radius 2 is 1.71 bits per heavy atom. The van der Waals surface area contributed by atoms with E-state index in [1.807, 2.05) is 24.5 Å². The second kappa shape index (κ2) is 14.2. The highest BCUT2D eigenvalue weighted by molar-refractivity contribution is 6.18. The molecule has 13 nitrogen and oxygen atoms in total. The monoisotopic (exact) mass is 706 g/mol. The number of primary amides is 1. The molecule has 1 aromatic carbocycles. The normalized spacial score (nSPS) is 23.0. The molecule has 5 heterocycles. The molecule has 2 aliphatic heterocycles. The molecule has 2 saturated carbocycles. The predicted octanol–water partition coefficient (Wildman–Crippen LogP) is 4.42. The van der Waals surface area contributed by atoms with Crippen LogP contribution in [-0.4, -0.2) is 81.8 Å². The first-order chi connectivity index (χ1) is 25.3. The summed E-state index contributed by atoms with van der Waals surface area (Å²) in [6.07, 6.45) is 13.8. The maximum absolute atomic E-state index is 13.6. The number of aromatic nitrogens is 4. The van der Waals surface area contributed by atoms with Crippen LogP contribution in [0.25, 0.3) is 10.9 Å². The van der Waals surface area contributed by atoms with Crippen LogP contribution in [0, 0.1) is 5.92 Å². The Morgan fingerprint density at radius 1 is 0.942 bits per heavy atom. The number of rotatable bonds is 10. The molecule has 0 bridgehead atoms. The number of piperazine rings is 1. The second-order valence-corrected chi connectivity index (χ2v) is 14.8. The highest BCUT2D eigenvalue weighted by Crippen LogP contribution is 2.37. The van der Waals surface area contributed by atoms with Crippen molar-refractivity contribution in [1.82, 2.24) is 24.2 Å². The summed E-state index contributed by atoms with van der Waals surface area (Å²) in [6.45, 7) is 4.89. The first kappa shape index (κ1) is 34.1. The minimum absolute atomic E-state index is 0.142. The number of hydrogen-bond donors (Lipinski definition) is 1. The van der Waals surface area contributed by atoms with Gasteiger partial charge < -0.3 is 19.9 Å². The van der Waals surface area contributed by atoms with Crippen LogP contribution in [0.4, 0.5) is 11.4 Å². The topological polar surface area (TPSA) is 149 Å². The van der Waals surface area contributed by atoms with Crippen molar-refractivity contribution in [1.29, 1.82) is 0 Å². The van der Waals surface area contributed by atoms with Crippen molar-refractivity contribution in [3.05, 3.63) is 76.6 Å². The molecule has 4 aliphatic rings. The van der Waals surface area contributed by atoms with Gasteiger partial charge in [-0.2, -0.15) is 5.10 Å². The molecule has 272 valence electrons. The number of benzene rings is 1. The number of fused-ring (bicyclic) bond motifs is 1. The number of nitrogens with two attached hydrogens (primary N) is 1. The van der Waals surface area contributed by atoms with Gasteiger partial charge in [0.1, 0.15) is 11.4 Å². The van der Waals surface area contributed by atoms with Crippen LogP contribution < -0.4 is 25.8 Å². The SMILES string of the molecule is COc1cc2nn(C3CCC(CCN4CCN(c5ccc(C6CCC(=O)N(c7cccn(C8CC8)c7=O)C6=O)nc5)CC4)CC3)cc2cc1C(N)=O. The smallest absolute Gasteiger partial charge is 0.275 e. The van der Waals surface area contributed by atoms with Crippen LogP contribution in [0.2, 0.25) is 0 Å². The number of piperidine rings is 1. The van der Waals surface area contributed by atoms with Gasteiger partial charge in [-0.25, -0.2) is 4.90 Å². The van der Waals surface area contributed by atoms with Crippen molar-refractivity contribution < 1.29 is 19.1 Å². The molecule has 2 N–H and O–H groups in total. The number of carbonyl (C=O) groups excluding carboxylic acids is 3. The average Bonchev–Trinajstić information content (AvgIpc) is 3.92. The molecule has 4 fully saturated rings. The Morgan fingerprint density at radius 3 is 2.40 bits per heavy atom. The van der Waals surface area contributed by atoms with Gasteiger partial charge in [-0.3, -0.25) is 33.7 Å². The maximum Gasteiger partial charge on any atom is 0.275 e. The lowest BCUT2D eigenvalue weighted by Gasteiger charge is -2.37. The van der Waals surface area contributed by atoms with Crippen molar-refractivity contribution >= 4 is 40.0 Å². The molecule has 0 spiro atoms. The molecule has 1 atom stereocenters. The first-order valence-electron chi connectivity index (χ1n) is 18.6. The van der Waals surface area contributed by atoms with E-state index in [1.165, 1.54) is 26.4 Å². The lowest BCUT2D eigenvalue weighted by atomic mass is 9.84. The fourth-order valence-electron chi connectivity index (χ4n) is 8.32. The highest BCUT2D eigenvalue weighted by Gasteiger charge is 2.39. The third kappa shape index (κ3) is 6.69. The number of hydrogen-bond acceptors (Lipinski definition) is 9. The van der Waals surface area contributed by atoms with Crippen molar-refractivity contribution in [2.45, 2.75) is 75.8 Å². The summed E-state index contributed by atoms with van der Waals surface area (Å²) in [7, 11) is 1.53. The molecule has 4 aromatic rings. The average molecular weight is 707 g/mol. The van der Waals surface area contributed by atoms with Gasteiger partial charge in [0.2, 0.25) is 11.8 Å². The standard InChI is InChI=1S/C39H46N8O5/c1-52-35-22-33-26(21-31(35)37(40)49)24-46(42-33)28-6-4-25(5-7-28)14-16-43-17-19-44(20-18-43)29-10-12-32(41-23-29)30-11-13-36(48)47(38(30)50)34-3-2-15-45(39(34)51)27-8-9-27/h2-3,10,12,15,21-25,27-28,30H,4-9,11,13-14,16-20H2,1H3,(H2,40,49). The molecule has 8 rings (SSSR count). The summed E-state index contributed by atoms with van der Waals surface area (Å²) >= 11 is 0. The zero-order valence-corrected chi connectivity index (χ0v) is 29.7. The van der Waals surface area contributed by atoms with E-state index in [9.17, 15) is 19.2 Å². The van der Waals surface area contributed by atoms with Gasteiger partial charge in [-0.05, 0) is 94.2 Å². The van der Waals surface area contributed by atoms with Gasteiger partial charge in [0.05, 0.1) is 47.7 Å². The van der Waals surface area contributed by atoms with Gasteiger partial charge in [0.25, 0.3) is 11.5 Å². The molecule has 52 heavy (non-hydrogen) atoms. The number of carbonyl (C=O) groups is 3. The summed E-state index contributed by atoms with van der Waals surface area (Å²) in [5.74, 6) is -0.622. The highest BCUT2D eigenvalue weighted by atomic mass is 16.5. The number of amides is 3. The summed E-state index contributed by atoms with van der Waals surface area (Å²) in [6, 6.07) is 11.3. The summed E-state index contributed by atoms with van der Waals surface area (Å²) < 4.78 is 9.06.